The lowest BCUT2D eigenvalue weighted by Gasteiger charge is -2.20. The number of carboxylic acids is 1. The predicted molar refractivity (Wildman–Crippen MR) is 158 cm³/mol. The summed E-state index contributed by atoms with van der Waals surface area (Å²) in [6, 6.07) is 15.9. The predicted octanol–water partition coefficient (Wildman–Crippen LogP) is 7.97. The molecule has 2 aromatic carbocycles. The van der Waals surface area contributed by atoms with Crippen molar-refractivity contribution in [1.82, 2.24) is 5.01 Å². The summed E-state index contributed by atoms with van der Waals surface area (Å²) >= 11 is 2.74. The molecule has 1 aliphatic carbocycles. The van der Waals surface area contributed by atoms with E-state index in [0.717, 1.165) is 19.8 Å². The molecular weight excluding hydrogens is 568 g/mol. The number of halogens is 2. The summed E-state index contributed by atoms with van der Waals surface area (Å²) in [5.41, 5.74) is -0.508. The number of ether oxygens (including phenoxy) is 1. The van der Waals surface area contributed by atoms with E-state index in [2.05, 4.69) is 16.8 Å². The average molecular weight is 596 g/mol. The standard InChI is InChI=1S/C30H27F2N3O4S2/c1-16(27(35(4)33-3)34-29(38)39-17(2)18-8-6-5-7-9-18)21-14-23-24(40-21)15-22(41-23)19-10-11-20(26(32)25(19)31)30(12-13-30)28(36)37/h5-11,14-17H,3,12-13H2,1-2,4H3,(H,36,37). The van der Waals surface area contributed by atoms with Crippen molar-refractivity contribution in [2.24, 2.45) is 10.1 Å². The lowest BCUT2D eigenvalue weighted by molar-refractivity contribution is -0.140. The van der Waals surface area contributed by atoms with Crippen LogP contribution in [-0.2, 0) is 14.9 Å². The highest BCUT2D eigenvalue weighted by Gasteiger charge is 2.53. The van der Waals surface area contributed by atoms with Gasteiger partial charge in [0.05, 0.1) is 11.3 Å². The second-order valence-corrected chi connectivity index (χ2v) is 12.2. The van der Waals surface area contributed by atoms with Gasteiger partial charge in [-0.3, -0.25) is 9.80 Å². The first-order chi connectivity index (χ1) is 19.6. The molecule has 0 aliphatic heterocycles. The summed E-state index contributed by atoms with van der Waals surface area (Å²) in [5.74, 6) is -3.30. The van der Waals surface area contributed by atoms with E-state index in [9.17, 15) is 19.1 Å². The van der Waals surface area contributed by atoms with Gasteiger partial charge in [-0.15, -0.1) is 22.7 Å². The number of fused-ring (bicyclic) bond motifs is 1. The van der Waals surface area contributed by atoms with Crippen LogP contribution in [0.4, 0.5) is 13.6 Å². The Labute approximate surface area is 243 Å². The fourth-order valence-corrected chi connectivity index (χ4v) is 7.22. The van der Waals surface area contributed by atoms with E-state index >= 15 is 4.39 Å². The SMILES string of the molecule is C=NN(C)C(=NC(=O)OC(C)c1ccccc1)C(C)c1cc2sc(-c3ccc(C4(C(=O)O)CC4)c(F)c3F)cc2s1. The van der Waals surface area contributed by atoms with Crippen molar-refractivity contribution >= 4 is 56.7 Å². The molecule has 2 unspecified atom stereocenters. The molecule has 4 aromatic rings. The number of carbonyl (C=O) groups excluding carboxylic acids is 1. The smallest absolute Gasteiger partial charge is 0.435 e. The average Bonchev–Trinajstić information content (AvgIpc) is 3.53. The number of benzene rings is 2. The Balaban J connectivity index is 1.39. The van der Waals surface area contributed by atoms with Crippen LogP contribution in [0.25, 0.3) is 19.8 Å². The fourth-order valence-electron chi connectivity index (χ4n) is 4.75. The molecule has 0 radical (unpaired) electrons. The van der Waals surface area contributed by atoms with Crippen LogP contribution in [0.15, 0.2) is 64.7 Å². The normalized spacial score (nSPS) is 15.8. The lowest BCUT2D eigenvalue weighted by Crippen LogP contribution is -2.27. The van der Waals surface area contributed by atoms with Crippen molar-refractivity contribution in [2.75, 3.05) is 7.05 Å². The molecular formula is C30H27F2N3O4S2. The van der Waals surface area contributed by atoms with Crippen LogP contribution in [0.1, 0.15) is 54.7 Å². The number of rotatable bonds is 8. The molecule has 11 heteroatoms. The Morgan fingerprint density at radius 1 is 1.05 bits per heavy atom. The molecule has 1 aliphatic rings. The minimum atomic E-state index is -1.33. The van der Waals surface area contributed by atoms with E-state index in [1.165, 1.54) is 39.8 Å². The van der Waals surface area contributed by atoms with Gasteiger partial charge in [0.2, 0.25) is 0 Å². The molecule has 7 nitrogen and oxygen atoms in total. The van der Waals surface area contributed by atoms with Crippen LogP contribution in [0.2, 0.25) is 0 Å². The largest absolute Gasteiger partial charge is 0.481 e. The number of amidine groups is 1. The van der Waals surface area contributed by atoms with Crippen molar-refractivity contribution < 1.29 is 28.2 Å². The fraction of sp³-hybridized carbons (Fsp3) is 0.267. The van der Waals surface area contributed by atoms with Gasteiger partial charge in [0.25, 0.3) is 0 Å². The first-order valence-corrected chi connectivity index (χ1v) is 14.5. The van der Waals surface area contributed by atoms with Gasteiger partial charge in [0.15, 0.2) is 11.6 Å². The van der Waals surface area contributed by atoms with Crippen molar-refractivity contribution in [3.8, 4) is 10.4 Å². The zero-order chi connectivity index (χ0) is 29.5. The number of likely N-dealkylation sites (N-methyl/N-ethyl adjacent to an activating group) is 1. The lowest BCUT2D eigenvalue weighted by atomic mass is 9.94. The third-order valence-corrected chi connectivity index (χ3v) is 9.87. The highest BCUT2D eigenvalue weighted by atomic mass is 32.1. The third kappa shape index (κ3) is 5.39. The number of aliphatic imine (C=N–C) groups is 1. The van der Waals surface area contributed by atoms with E-state index in [0.29, 0.717) is 23.6 Å². The van der Waals surface area contributed by atoms with E-state index in [4.69, 9.17) is 4.74 Å². The second-order valence-electron chi connectivity index (χ2n) is 9.96. The molecule has 0 bridgehead atoms. The maximum atomic E-state index is 15.1. The Morgan fingerprint density at radius 3 is 2.34 bits per heavy atom. The number of hydrazone groups is 1. The maximum Gasteiger partial charge on any atom is 0.435 e. The van der Waals surface area contributed by atoms with Crippen molar-refractivity contribution in [1.29, 1.82) is 0 Å². The summed E-state index contributed by atoms with van der Waals surface area (Å²) in [7, 11) is 1.64. The third-order valence-electron chi connectivity index (χ3n) is 7.36. The van der Waals surface area contributed by atoms with Crippen LogP contribution in [0.5, 0.6) is 0 Å². The monoisotopic (exact) mass is 595 g/mol. The molecule has 2 atom stereocenters. The molecule has 2 heterocycles. The molecule has 1 fully saturated rings. The molecule has 1 saturated carbocycles. The van der Waals surface area contributed by atoms with Gasteiger partial charge in [0.1, 0.15) is 11.9 Å². The number of carbonyl (C=O) groups is 2. The molecule has 0 saturated heterocycles. The maximum absolute atomic E-state index is 15.1. The van der Waals surface area contributed by atoms with Gasteiger partial charge in [-0.1, -0.05) is 49.4 Å². The number of aliphatic carboxylic acids is 1. The van der Waals surface area contributed by atoms with Crippen molar-refractivity contribution in [3.63, 3.8) is 0 Å². The molecule has 1 N–H and O–H groups in total. The molecule has 2 aromatic heterocycles. The summed E-state index contributed by atoms with van der Waals surface area (Å²) in [6.07, 6.45) is -0.662. The van der Waals surface area contributed by atoms with Gasteiger partial charge in [-0.05, 0) is 37.5 Å². The van der Waals surface area contributed by atoms with Gasteiger partial charge >= 0.3 is 12.1 Å². The van der Waals surface area contributed by atoms with Crippen LogP contribution in [0.3, 0.4) is 0 Å². The second kappa shape index (κ2) is 11.1. The van der Waals surface area contributed by atoms with Gasteiger partial charge in [-0.25, -0.2) is 13.6 Å². The number of amides is 1. The topological polar surface area (TPSA) is 91.6 Å². The van der Waals surface area contributed by atoms with Gasteiger partial charge < -0.3 is 9.84 Å². The molecule has 0 spiro atoms. The zero-order valence-electron chi connectivity index (χ0n) is 22.6. The molecule has 212 valence electrons. The summed E-state index contributed by atoms with van der Waals surface area (Å²) in [5, 5.41) is 14.8. The number of carboxylic acid groups (broad SMARTS) is 1. The number of nitrogens with zero attached hydrogens (tertiary/aromatic N) is 3. The van der Waals surface area contributed by atoms with E-state index in [-0.39, 0.29) is 17.0 Å². The van der Waals surface area contributed by atoms with E-state index in [1.807, 2.05) is 43.3 Å². The Morgan fingerprint density at radius 2 is 1.73 bits per heavy atom. The van der Waals surface area contributed by atoms with Gasteiger partial charge in [0, 0.05) is 44.0 Å². The minimum Gasteiger partial charge on any atom is -0.481 e. The quantitative estimate of drug-likeness (QED) is 0.127. The van der Waals surface area contributed by atoms with Crippen LogP contribution in [-0.4, -0.2) is 41.8 Å². The summed E-state index contributed by atoms with van der Waals surface area (Å²) < 4.78 is 37.3. The Bertz CT molecular complexity index is 1650. The number of hydrogen-bond acceptors (Lipinski definition) is 6. The Kier molecular flexibility index (Phi) is 7.76. The van der Waals surface area contributed by atoms with E-state index < -0.39 is 35.2 Å². The Hall–Kier alpha value is -3.96. The van der Waals surface area contributed by atoms with Crippen molar-refractivity contribution in [3.05, 3.63) is 82.2 Å². The molecule has 1 amide bonds. The van der Waals surface area contributed by atoms with Gasteiger partial charge in [-0.2, -0.15) is 10.1 Å². The number of hydrogen-bond donors (Lipinski definition) is 1. The minimum absolute atomic E-state index is 0.0866. The van der Waals surface area contributed by atoms with Crippen LogP contribution >= 0.6 is 22.7 Å². The zero-order valence-corrected chi connectivity index (χ0v) is 24.2. The molecule has 5 rings (SSSR count). The van der Waals surface area contributed by atoms with Crippen molar-refractivity contribution in [2.45, 2.75) is 44.1 Å². The van der Waals surface area contributed by atoms with Crippen LogP contribution in [0, 0.1) is 11.6 Å². The van der Waals surface area contributed by atoms with E-state index in [1.54, 1.807) is 20.0 Å². The van der Waals surface area contributed by atoms with Crippen LogP contribution < -0.4 is 0 Å². The summed E-state index contributed by atoms with van der Waals surface area (Å²) in [6.45, 7) is 7.20. The first kappa shape index (κ1) is 28.6. The highest BCUT2D eigenvalue weighted by molar-refractivity contribution is 7.29. The highest BCUT2D eigenvalue weighted by Crippen LogP contribution is 2.50. The molecule has 41 heavy (non-hydrogen) atoms. The summed E-state index contributed by atoms with van der Waals surface area (Å²) in [4.78, 5) is 29.9. The first-order valence-electron chi connectivity index (χ1n) is 12.9. The number of thiophene rings is 2.